The number of rotatable bonds is 4. The van der Waals surface area contributed by atoms with Gasteiger partial charge in [-0.15, -0.1) is 0 Å². The Morgan fingerprint density at radius 3 is 2.89 bits per heavy atom. The molecule has 18 heavy (non-hydrogen) atoms. The molecule has 1 aromatic heterocycles. The second-order valence-corrected chi connectivity index (χ2v) is 4.33. The summed E-state index contributed by atoms with van der Waals surface area (Å²) in [4.78, 5) is 4.15. The molecule has 0 aliphatic carbocycles. The normalized spacial score (nSPS) is 12.7. The second kappa shape index (κ2) is 5.27. The van der Waals surface area contributed by atoms with E-state index in [1.54, 1.807) is 10.7 Å². The molecule has 0 fully saturated rings. The van der Waals surface area contributed by atoms with Gasteiger partial charge in [0.2, 0.25) is 0 Å². The molecule has 0 bridgehead atoms. The molecule has 0 radical (unpaired) electrons. The summed E-state index contributed by atoms with van der Waals surface area (Å²) in [6.45, 7) is 4.57. The van der Waals surface area contributed by atoms with Crippen LogP contribution >= 0.6 is 0 Å². The summed E-state index contributed by atoms with van der Waals surface area (Å²) in [5.74, 6) is 0.523. The van der Waals surface area contributed by atoms with Crippen LogP contribution in [0.3, 0.4) is 0 Å². The Balaban J connectivity index is 2.19. The maximum absolute atomic E-state index is 13.8. The third-order valence-electron chi connectivity index (χ3n) is 2.95. The van der Waals surface area contributed by atoms with Crippen LogP contribution in [-0.4, -0.2) is 14.8 Å². The van der Waals surface area contributed by atoms with Gasteiger partial charge in [-0.2, -0.15) is 5.10 Å². The molecule has 2 rings (SSSR count). The van der Waals surface area contributed by atoms with Crippen LogP contribution in [0, 0.1) is 12.7 Å². The Labute approximate surface area is 106 Å². The lowest BCUT2D eigenvalue weighted by Gasteiger charge is -2.13. The van der Waals surface area contributed by atoms with Crippen molar-refractivity contribution in [3.63, 3.8) is 0 Å². The first-order valence-electron chi connectivity index (χ1n) is 6.00. The number of benzene rings is 1. The zero-order chi connectivity index (χ0) is 13.1. The van der Waals surface area contributed by atoms with E-state index >= 15 is 0 Å². The molecule has 2 N–H and O–H groups in total. The Hall–Kier alpha value is -1.75. The molecule has 2 aromatic rings. The zero-order valence-electron chi connectivity index (χ0n) is 10.6. The monoisotopic (exact) mass is 248 g/mol. The van der Waals surface area contributed by atoms with Crippen LogP contribution in [0.2, 0.25) is 0 Å². The highest BCUT2D eigenvalue weighted by atomic mass is 19.1. The molecule has 96 valence electrons. The van der Waals surface area contributed by atoms with Crippen molar-refractivity contribution in [2.24, 2.45) is 5.73 Å². The highest BCUT2D eigenvalue weighted by Gasteiger charge is 2.15. The number of nitrogens with two attached hydrogens (primary N) is 1. The van der Waals surface area contributed by atoms with Gasteiger partial charge in [0.15, 0.2) is 0 Å². The maximum Gasteiger partial charge on any atom is 0.138 e. The van der Waals surface area contributed by atoms with Crippen molar-refractivity contribution in [3.05, 3.63) is 47.3 Å². The maximum atomic E-state index is 13.8. The van der Waals surface area contributed by atoms with Crippen molar-refractivity contribution in [1.29, 1.82) is 0 Å². The highest BCUT2D eigenvalue weighted by molar-refractivity contribution is 5.26. The molecule has 1 unspecified atom stereocenters. The fourth-order valence-electron chi connectivity index (χ4n) is 1.95. The van der Waals surface area contributed by atoms with E-state index in [0.29, 0.717) is 12.0 Å². The average molecular weight is 248 g/mol. The molecule has 1 aromatic carbocycles. The van der Waals surface area contributed by atoms with Crippen molar-refractivity contribution in [3.8, 4) is 0 Å². The van der Waals surface area contributed by atoms with E-state index in [9.17, 15) is 4.39 Å². The second-order valence-electron chi connectivity index (χ2n) is 4.33. The first-order chi connectivity index (χ1) is 8.61. The van der Waals surface area contributed by atoms with E-state index in [1.807, 2.05) is 19.9 Å². The Kier molecular flexibility index (Phi) is 3.72. The molecule has 0 saturated heterocycles. The van der Waals surface area contributed by atoms with Gasteiger partial charge in [-0.25, -0.2) is 9.37 Å². The van der Waals surface area contributed by atoms with Crippen molar-refractivity contribution >= 4 is 0 Å². The van der Waals surface area contributed by atoms with Crippen LogP contribution < -0.4 is 5.73 Å². The van der Waals surface area contributed by atoms with Gasteiger partial charge < -0.3 is 5.73 Å². The Bertz CT molecular complexity index is 536. The molecule has 0 saturated carbocycles. The molecule has 1 heterocycles. The fourth-order valence-corrected chi connectivity index (χ4v) is 1.95. The smallest absolute Gasteiger partial charge is 0.138 e. The van der Waals surface area contributed by atoms with E-state index in [2.05, 4.69) is 10.1 Å². The minimum Gasteiger partial charge on any atom is -0.323 e. The van der Waals surface area contributed by atoms with E-state index in [-0.39, 0.29) is 5.82 Å². The van der Waals surface area contributed by atoms with Crippen LogP contribution in [0.4, 0.5) is 4.39 Å². The topological polar surface area (TPSA) is 56.7 Å². The van der Waals surface area contributed by atoms with Crippen molar-refractivity contribution in [2.45, 2.75) is 32.9 Å². The molecule has 0 spiro atoms. The van der Waals surface area contributed by atoms with E-state index < -0.39 is 6.04 Å². The fraction of sp³-hybridized carbons (Fsp3) is 0.385. The molecule has 5 heteroatoms. The largest absolute Gasteiger partial charge is 0.323 e. The third-order valence-corrected chi connectivity index (χ3v) is 2.95. The number of halogens is 1. The Morgan fingerprint density at radius 1 is 1.44 bits per heavy atom. The lowest BCUT2D eigenvalue weighted by molar-refractivity contribution is 0.550. The molecule has 1 atom stereocenters. The van der Waals surface area contributed by atoms with Gasteiger partial charge in [0, 0.05) is 24.6 Å². The summed E-state index contributed by atoms with van der Waals surface area (Å²) < 4.78 is 15.6. The first-order valence-corrected chi connectivity index (χ1v) is 6.00. The van der Waals surface area contributed by atoms with Crippen LogP contribution in [-0.2, 0) is 13.0 Å². The number of nitrogens with zero attached hydrogens (tertiary/aromatic N) is 3. The van der Waals surface area contributed by atoms with E-state index in [1.165, 1.54) is 12.4 Å². The summed E-state index contributed by atoms with van der Waals surface area (Å²) in [6.07, 6.45) is 1.98. The lowest BCUT2D eigenvalue weighted by atomic mass is 10.0. The van der Waals surface area contributed by atoms with Crippen LogP contribution in [0.5, 0.6) is 0 Å². The van der Waals surface area contributed by atoms with Crippen molar-refractivity contribution in [2.75, 3.05) is 0 Å². The predicted octanol–water partition coefficient (Wildman–Crippen LogP) is 1.99. The van der Waals surface area contributed by atoms with Crippen LogP contribution in [0.15, 0.2) is 24.5 Å². The molecule has 0 amide bonds. The first kappa shape index (κ1) is 12.7. The minimum absolute atomic E-state index is 0.259. The minimum atomic E-state index is -0.403. The van der Waals surface area contributed by atoms with Crippen LogP contribution in [0.25, 0.3) is 0 Å². The lowest BCUT2D eigenvalue weighted by Crippen LogP contribution is -2.18. The van der Waals surface area contributed by atoms with Gasteiger partial charge in [-0.1, -0.05) is 12.1 Å². The highest BCUT2D eigenvalue weighted by Crippen LogP contribution is 2.19. The predicted molar refractivity (Wildman–Crippen MR) is 67.5 cm³/mol. The standard InChI is InChI=1S/C13H17FN4/c1-3-18-13(16-8-17-18)7-12(15)10-5-4-9(2)6-11(10)14/h4-6,8,12H,3,7,15H2,1-2H3. The van der Waals surface area contributed by atoms with Crippen LogP contribution in [0.1, 0.15) is 29.9 Å². The zero-order valence-corrected chi connectivity index (χ0v) is 10.6. The molecule has 0 aliphatic rings. The van der Waals surface area contributed by atoms with Gasteiger partial charge >= 0.3 is 0 Å². The number of hydrogen-bond acceptors (Lipinski definition) is 3. The van der Waals surface area contributed by atoms with Gasteiger partial charge in [0.1, 0.15) is 18.0 Å². The molecular formula is C13H17FN4. The SMILES string of the molecule is CCn1ncnc1CC(N)c1ccc(C)cc1F. The van der Waals surface area contributed by atoms with Crippen molar-refractivity contribution in [1.82, 2.24) is 14.8 Å². The summed E-state index contributed by atoms with van der Waals surface area (Å²) in [5, 5.41) is 4.07. The van der Waals surface area contributed by atoms with E-state index in [0.717, 1.165) is 17.9 Å². The number of aromatic nitrogens is 3. The summed E-state index contributed by atoms with van der Waals surface area (Å²) >= 11 is 0. The summed E-state index contributed by atoms with van der Waals surface area (Å²) in [6, 6.07) is 4.70. The van der Waals surface area contributed by atoms with Gasteiger partial charge in [0.25, 0.3) is 0 Å². The average Bonchev–Trinajstić information content (AvgIpc) is 2.76. The summed E-state index contributed by atoms with van der Waals surface area (Å²) in [5.41, 5.74) is 7.45. The van der Waals surface area contributed by atoms with Gasteiger partial charge in [0.05, 0.1) is 0 Å². The van der Waals surface area contributed by atoms with Gasteiger partial charge in [-0.3, -0.25) is 4.68 Å². The third kappa shape index (κ3) is 2.56. The molecule has 0 aliphatic heterocycles. The molecule has 4 nitrogen and oxygen atoms in total. The van der Waals surface area contributed by atoms with E-state index in [4.69, 9.17) is 5.73 Å². The van der Waals surface area contributed by atoms with Crippen molar-refractivity contribution < 1.29 is 4.39 Å². The number of hydrogen-bond donors (Lipinski definition) is 1. The Morgan fingerprint density at radius 2 is 2.22 bits per heavy atom. The summed E-state index contributed by atoms with van der Waals surface area (Å²) in [7, 11) is 0. The number of aryl methyl sites for hydroxylation is 2. The quantitative estimate of drug-likeness (QED) is 0.900. The molecular weight excluding hydrogens is 231 g/mol. The van der Waals surface area contributed by atoms with Gasteiger partial charge in [-0.05, 0) is 25.5 Å².